The largest absolute Gasteiger partial charge is 0.463 e. The summed E-state index contributed by atoms with van der Waals surface area (Å²) in [4.78, 5) is 10.6. The van der Waals surface area contributed by atoms with Crippen LogP contribution in [0.4, 0.5) is 0 Å². The fraction of sp³-hybridized carbons (Fsp3) is 0.966. The van der Waals surface area contributed by atoms with Gasteiger partial charge in [0.15, 0.2) is 0 Å². The normalized spacial score (nSPS) is 11.4. The summed E-state index contributed by atoms with van der Waals surface area (Å²) in [6, 6.07) is 0. The van der Waals surface area contributed by atoms with E-state index in [1.165, 1.54) is 19.8 Å². The molecule has 13 heteroatoms. The standard InChI is InChI=1S/C29H58O13/c1-3-4-5-6-31-7-8-32-9-10-33-11-12-34-13-14-35-15-16-36-17-18-37-19-20-38-21-22-39-23-24-40-25-26-41-27-28-42-29(2)30/h3-28H2,1-2H3. The van der Waals surface area contributed by atoms with Crippen LogP contribution in [0.1, 0.15) is 33.1 Å². The van der Waals surface area contributed by atoms with E-state index in [4.69, 9.17) is 56.8 Å². The van der Waals surface area contributed by atoms with Gasteiger partial charge in [-0.2, -0.15) is 0 Å². The summed E-state index contributed by atoms with van der Waals surface area (Å²) in [7, 11) is 0. The smallest absolute Gasteiger partial charge is 0.302 e. The molecule has 0 N–H and O–H groups in total. The molecule has 0 radical (unpaired) electrons. The lowest BCUT2D eigenvalue weighted by atomic mass is 10.3. The predicted octanol–water partition coefficient (Wildman–Crippen LogP) is 1.92. The number of unbranched alkanes of at least 4 members (excludes halogenated alkanes) is 2. The molecule has 0 saturated carbocycles. The summed E-state index contributed by atoms with van der Waals surface area (Å²) >= 11 is 0. The summed E-state index contributed by atoms with van der Waals surface area (Å²) < 4.78 is 64.5. The van der Waals surface area contributed by atoms with Crippen molar-refractivity contribution in [1.82, 2.24) is 0 Å². The average molecular weight is 615 g/mol. The minimum Gasteiger partial charge on any atom is -0.463 e. The lowest BCUT2D eigenvalue weighted by Crippen LogP contribution is -2.15. The lowest BCUT2D eigenvalue weighted by Gasteiger charge is -2.09. The lowest BCUT2D eigenvalue weighted by molar-refractivity contribution is -0.142. The van der Waals surface area contributed by atoms with E-state index in [0.29, 0.717) is 139 Å². The molecule has 0 aliphatic rings. The van der Waals surface area contributed by atoms with Gasteiger partial charge >= 0.3 is 5.97 Å². The summed E-state index contributed by atoms with van der Waals surface area (Å²) in [5.74, 6) is -0.310. The fourth-order valence-electron chi connectivity index (χ4n) is 3.00. The molecular weight excluding hydrogens is 556 g/mol. The van der Waals surface area contributed by atoms with E-state index in [0.717, 1.165) is 13.0 Å². The van der Waals surface area contributed by atoms with Crippen LogP contribution in [0.5, 0.6) is 0 Å². The van der Waals surface area contributed by atoms with Crippen LogP contribution in [0.15, 0.2) is 0 Å². The minimum atomic E-state index is -0.310. The highest BCUT2D eigenvalue weighted by Crippen LogP contribution is 1.94. The minimum absolute atomic E-state index is 0.260. The maximum absolute atomic E-state index is 10.6. The van der Waals surface area contributed by atoms with Gasteiger partial charge in [-0.05, 0) is 6.42 Å². The first-order valence-electron chi connectivity index (χ1n) is 15.3. The first-order valence-corrected chi connectivity index (χ1v) is 15.3. The van der Waals surface area contributed by atoms with Gasteiger partial charge in [-0.3, -0.25) is 4.79 Å². The second-order valence-electron chi connectivity index (χ2n) is 8.78. The molecule has 0 rings (SSSR count). The Morgan fingerprint density at radius 2 is 0.548 bits per heavy atom. The second kappa shape index (κ2) is 38.1. The van der Waals surface area contributed by atoms with Gasteiger partial charge in [0.25, 0.3) is 0 Å². The zero-order chi connectivity index (χ0) is 30.4. The first-order chi connectivity index (χ1) is 20.8. The molecular formula is C29H58O13. The number of carbonyl (C=O) groups is 1. The third kappa shape index (κ3) is 39.0. The zero-order valence-corrected chi connectivity index (χ0v) is 26.2. The molecule has 0 aliphatic carbocycles. The number of hydrogen-bond acceptors (Lipinski definition) is 13. The number of ether oxygens (including phenoxy) is 12. The Balaban J connectivity index is 3.03. The highest BCUT2D eigenvalue weighted by Gasteiger charge is 1.97. The van der Waals surface area contributed by atoms with Crippen LogP contribution in [-0.2, 0) is 61.6 Å². The molecule has 0 amide bonds. The van der Waals surface area contributed by atoms with Crippen molar-refractivity contribution in [2.45, 2.75) is 33.1 Å². The monoisotopic (exact) mass is 614 g/mol. The number of rotatable bonds is 37. The molecule has 0 spiro atoms. The quantitative estimate of drug-likeness (QED) is 0.0747. The van der Waals surface area contributed by atoms with Crippen LogP contribution in [0, 0.1) is 0 Å². The number of hydrogen-bond donors (Lipinski definition) is 0. The number of esters is 1. The molecule has 0 saturated heterocycles. The Labute approximate surface area is 252 Å². The summed E-state index contributed by atoms with van der Waals surface area (Å²) in [6.45, 7) is 15.4. The van der Waals surface area contributed by atoms with Gasteiger partial charge in [-0.1, -0.05) is 19.8 Å². The Hall–Kier alpha value is -0.970. The Morgan fingerprint density at radius 3 is 0.762 bits per heavy atom. The van der Waals surface area contributed by atoms with E-state index < -0.39 is 0 Å². The van der Waals surface area contributed by atoms with E-state index in [2.05, 4.69) is 6.92 Å². The van der Waals surface area contributed by atoms with Crippen LogP contribution in [-0.4, -0.2) is 158 Å². The van der Waals surface area contributed by atoms with Crippen LogP contribution < -0.4 is 0 Å². The Kier molecular flexibility index (Phi) is 37.2. The number of carbonyl (C=O) groups excluding carboxylic acids is 1. The SMILES string of the molecule is CCCCCOCCOCCOCCOCCOCCOCCOCCOCCOCCOCCOCCOC(C)=O. The van der Waals surface area contributed by atoms with Gasteiger partial charge in [0.2, 0.25) is 0 Å². The van der Waals surface area contributed by atoms with Gasteiger partial charge in [-0.15, -0.1) is 0 Å². The van der Waals surface area contributed by atoms with Gasteiger partial charge in [0.1, 0.15) is 6.61 Å². The van der Waals surface area contributed by atoms with Crippen molar-refractivity contribution in [3.63, 3.8) is 0 Å². The van der Waals surface area contributed by atoms with Crippen molar-refractivity contribution in [2.24, 2.45) is 0 Å². The molecule has 13 nitrogen and oxygen atoms in total. The topological polar surface area (TPSA) is 128 Å². The van der Waals surface area contributed by atoms with Crippen molar-refractivity contribution in [3.8, 4) is 0 Å². The molecule has 0 aromatic rings. The third-order valence-corrected chi connectivity index (χ3v) is 5.15. The highest BCUT2D eigenvalue weighted by molar-refractivity contribution is 5.65. The van der Waals surface area contributed by atoms with Gasteiger partial charge in [0, 0.05) is 13.5 Å². The summed E-state index contributed by atoms with van der Waals surface area (Å²) in [6.07, 6.45) is 3.54. The van der Waals surface area contributed by atoms with E-state index >= 15 is 0 Å². The fourth-order valence-corrected chi connectivity index (χ4v) is 3.00. The molecule has 0 unspecified atom stereocenters. The third-order valence-electron chi connectivity index (χ3n) is 5.15. The second-order valence-corrected chi connectivity index (χ2v) is 8.78. The van der Waals surface area contributed by atoms with Crippen LogP contribution in [0.3, 0.4) is 0 Å². The van der Waals surface area contributed by atoms with E-state index in [1.54, 1.807) is 0 Å². The molecule has 0 aliphatic heterocycles. The van der Waals surface area contributed by atoms with Crippen molar-refractivity contribution in [1.29, 1.82) is 0 Å². The predicted molar refractivity (Wildman–Crippen MR) is 155 cm³/mol. The van der Waals surface area contributed by atoms with Gasteiger partial charge in [-0.25, -0.2) is 0 Å². The molecule has 0 heterocycles. The van der Waals surface area contributed by atoms with E-state index in [9.17, 15) is 4.79 Å². The molecule has 0 fully saturated rings. The maximum atomic E-state index is 10.6. The van der Waals surface area contributed by atoms with E-state index in [-0.39, 0.29) is 12.6 Å². The highest BCUT2D eigenvalue weighted by atomic mass is 16.6. The van der Waals surface area contributed by atoms with Crippen LogP contribution in [0.2, 0.25) is 0 Å². The molecule has 0 aromatic carbocycles. The van der Waals surface area contributed by atoms with Crippen molar-refractivity contribution in [2.75, 3.05) is 152 Å². The van der Waals surface area contributed by atoms with Gasteiger partial charge < -0.3 is 56.8 Å². The average Bonchev–Trinajstić information content (AvgIpc) is 2.98. The Bertz CT molecular complexity index is 514. The van der Waals surface area contributed by atoms with Crippen molar-refractivity contribution >= 4 is 5.97 Å². The molecule has 0 atom stereocenters. The van der Waals surface area contributed by atoms with Crippen LogP contribution >= 0.6 is 0 Å². The van der Waals surface area contributed by atoms with Crippen molar-refractivity contribution in [3.05, 3.63) is 0 Å². The zero-order valence-electron chi connectivity index (χ0n) is 26.2. The van der Waals surface area contributed by atoms with E-state index in [1.807, 2.05) is 0 Å². The van der Waals surface area contributed by atoms with Crippen LogP contribution in [0.25, 0.3) is 0 Å². The molecule has 252 valence electrons. The summed E-state index contributed by atoms with van der Waals surface area (Å²) in [5.41, 5.74) is 0. The Morgan fingerprint density at radius 1 is 0.333 bits per heavy atom. The molecule has 0 aromatic heterocycles. The molecule has 0 bridgehead atoms. The molecule has 42 heavy (non-hydrogen) atoms. The maximum Gasteiger partial charge on any atom is 0.302 e. The summed E-state index contributed by atoms with van der Waals surface area (Å²) in [5, 5.41) is 0. The van der Waals surface area contributed by atoms with Crippen molar-refractivity contribution < 1.29 is 61.6 Å². The first kappa shape index (κ1) is 41.0. The van der Waals surface area contributed by atoms with Gasteiger partial charge in [0.05, 0.1) is 139 Å².